The highest BCUT2D eigenvalue weighted by molar-refractivity contribution is 6.30. The molecule has 1 heterocycles. The largest absolute Gasteiger partial charge is 0.324 e. The van der Waals surface area contributed by atoms with Crippen LogP contribution in [0, 0.1) is 0 Å². The number of hydrogen-bond donors (Lipinski definition) is 1. The second-order valence-corrected chi connectivity index (χ2v) is 4.94. The van der Waals surface area contributed by atoms with E-state index in [1.54, 1.807) is 0 Å². The standard InChI is InChI=1S/C13H19ClN2/c14-12-5-3-4-11(10-12)13(15)6-9-16-7-1-2-8-16/h3-5,10,13H,1-2,6-9,15H2. The molecule has 0 spiro atoms. The first-order valence-electron chi connectivity index (χ1n) is 5.99. The third-order valence-corrected chi connectivity index (χ3v) is 3.47. The maximum Gasteiger partial charge on any atom is 0.0409 e. The molecule has 0 aliphatic carbocycles. The Balaban J connectivity index is 1.85. The number of likely N-dealkylation sites (tertiary alicyclic amines) is 1. The summed E-state index contributed by atoms with van der Waals surface area (Å²) < 4.78 is 0. The molecule has 0 radical (unpaired) electrons. The summed E-state index contributed by atoms with van der Waals surface area (Å²) in [4.78, 5) is 2.49. The molecule has 3 heteroatoms. The van der Waals surface area contributed by atoms with Crippen LogP contribution in [0.4, 0.5) is 0 Å². The number of benzene rings is 1. The monoisotopic (exact) mass is 238 g/mol. The summed E-state index contributed by atoms with van der Waals surface area (Å²) in [6.07, 6.45) is 3.69. The van der Waals surface area contributed by atoms with Gasteiger partial charge in [0, 0.05) is 11.1 Å². The second kappa shape index (κ2) is 5.67. The second-order valence-electron chi connectivity index (χ2n) is 4.50. The van der Waals surface area contributed by atoms with Crippen LogP contribution in [0.15, 0.2) is 24.3 Å². The van der Waals surface area contributed by atoms with Crippen molar-refractivity contribution in [1.29, 1.82) is 0 Å². The lowest BCUT2D eigenvalue weighted by Gasteiger charge is -2.18. The van der Waals surface area contributed by atoms with Crippen molar-refractivity contribution in [1.82, 2.24) is 4.90 Å². The predicted octanol–water partition coefficient (Wildman–Crippen LogP) is 2.83. The van der Waals surface area contributed by atoms with Gasteiger partial charge >= 0.3 is 0 Å². The number of hydrogen-bond acceptors (Lipinski definition) is 2. The fourth-order valence-corrected chi connectivity index (χ4v) is 2.43. The van der Waals surface area contributed by atoms with Gasteiger partial charge in [-0.25, -0.2) is 0 Å². The summed E-state index contributed by atoms with van der Waals surface area (Å²) in [6, 6.07) is 7.99. The minimum atomic E-state index is 0.110. The van der Waals surface area contributed by atoms with E-state index in [2.05, 4.69) is 11.0 Å². The molecular formula is C13H19ClN2. The third-order valence-electron chi connectivity index (χ3n) is 3.23. The van der Waals surface area contributed by atoms with Crippen LogP contribution >= 0.6 is 11.6 Å². The van der Waals surface area contributed by atoms with Gasteiger partial charge in [-0.3, -0.25) is 0 Å². The Labute approximate surface area is 102 Å². The quantitative estimate of drug-likeness (QED) is 0.874. The summed E-state index contributed by atoms with van der Waals surface area (Å²) in [5, 5.41) is 0.772. The Morgan fingerprint density at radius 3 is 2.75 bits per heavy atom. The maximum absolute atomic E-state index is 6.16. The zero-order valence-electron chi connectivity index (χ0n) is 9.53. The van der Waals surface area contributed by atoms with Crippen LogP contribution in [-0.4, -0.2) is 24.5 Å². The van der Waals surface area contributed by atoms with Crippen LogP contribution in [0.2, 0.25) is 5.02 Å². The highest BCUT2D eigenvalue weighted by atomic mass is 35.5. The fraction of sp³-hybridized carbons (Fsp3) is 0.538. The highest BCUT2D eigenvalue weighted by Crippen LogP contribution is 2.19. The topological polar surface area (TPSA) is 29.3 Å². The van der Waals surface area contributed by atoms with Crippen LogP contribution in [0.3, 0.4) is 0 Å². The molecular weight excluding hydrogens is 220 g/mol. The van der Waals surface area contributed by atoms with E-state index in [9.17, 15) is 0 Å². The van der Waals surface area contributed by atoms with Gasteiger partial charge in [0.05, 0.1) is 0 Å². The van der Waals surface area contributed by atoms with Gasteiger partial charge < -0.3 is 10.6 Å². The van der Waals surface area contributed by atoms with Gasteiger partial charge in [0.15, 0.2) is 0 Å². The highest BCUT2D eigenvalue weighted by Gasteiger charge is 2.13. The Hall–Kier alpha value is -0.570. The number of halogens is 1. The Morgan fingerprint density at radius 1 is 1.31 bits per heavy atom. The molecule has 88 valence electrons. The minimum absolute atomic E-state index is 0.110. The molecule has 0 amide bonds. The first kappa shape index (κ1) is 11.9. The average Bonchev–Trinajstić information content (AvgIpc) is 2.78. The van der Waals surface area contributed by atoms with Crippen LogP contribution in [0.5, 0.6) is 0 Å². The molecule has 2 nitrogen and oxygen atoms in total. The van der Waals surface area contributed by atoms with Crippen LogP contribution in [0.1, 0.15) is 30.9 Å². The van der Waals surface area contributed by atoms with E-state index in [1.165, 1.54) is 25.9 Å². The molecule has 1 saturated heterocycles. The molecule has 0 saturated carbocycles. The van der Waals surface area contributed by atoms with Crippen molar-refractivity contribution in [2.24, 2.45) is 5.73 Å². The van der Waals surface area contributed by atoms with Gasteiger partial charge in [0.2, 0.25) is 0 Å². The smallest absolute Gasteiger partial charge is 0.0409 e. The van der Waals surface area contributed by atoms with Gasteiger partial charge in [-0.05, 0) is 56.6 Å². The normalized spacial score (nSPS) is 18.9. The molecule has 0 bridgehead atoms. The summed E-state index contributed by atoms with van der Waals surface area (Å²) in [6.45, 7) is 3.58. The summed E-state index contributed by atoms with van der Waals surface area (Å²) in [5.74, 6) is 0. The maximum atomic E-state index is 6.16. The lowest BCUT2D eigenvalue weighted by atomic mass is 10.0. The van der Waals surface area contributed by atoms with Crippen LogP contribution < -0.4 is 5.73 Å². The Bertz CT molecular complexity index is 334. The van der Waals surface area contributed by atoms with E-state index >= 15 is 0 Å². The summed E-state index contributed by atoms with van der Waals surface area (Å²) >= 11 is 5.95. The molecule has 16 heavy (non-hydrogen) atoms. The van der Waals surface area contributed by atoms with Gasteiger partial charge in [0.1, 0.15) is 0 Å². The van der Waals surface area contributed by atoms with Crippen molar-refractivity contribution in [2.75, 3.05) is 19.6 Å². The van der Waals surface area contributed by atoms with E-state index in [1.807, 2.05) is 18.2 Å². The molecule has 0 aromatic heterocycles. The zero-order chi connectivity index (χ0) is 11.4. The summed E-state index contributed by atoms with van der Waals surface area (Å²) in [5.41, 5.74) is 7.30. The molecule has 1 aromatic carbocycles. The van der Waals surface area contributed by atoms with E-state index in [-0.39, 0.29) is 6.04 Å². The van der Waals surface area contributed by atoms with E-state index in [0.717, 1.165) is 23.6 Å². The van der Waals surface area contributed by atoms with E-state index in [0.29, 0.717) is 0 Å². The third kappa shape index (κ3) is 3.21. The average molecular weight is 239 g/mol. The van der Waals surface area contributed by atoms with Crippen LogP contribution in [-0.2, 0) is 0 Å². The van der Waals surface area contributed by atoms with Crippen molar-refractivity contribution >= 4 is 11.6 Å². The zero-order valence-corrected chi connectivity index (χ0v) is 10.3. The van der Waals surface area contributed by atoms with Crippen molar-refractivity contribution in [3.05, 3.63) is 34.9 Å². The van der Waals surface area contributed by atoms with Gasteiger partial charge in [0.25, 0.3) is 0 Å². The van der Waals surface area contributed by atoms with E-state index in [4.69, 9.17) is 17.3 Å². The minimum Gasteiger partial charge on any atom is -0.324 e. The predicted molar refractivity (Wildman–Crippen MR) is 68.7 cm³/mol. The van der Waals surface area contributed by atoms with Crippen LogP contribution in [0.25, 0.3) is 0 Å². The Morgan fingerprint density at radius 2 is 2.06 bits per heavy atom. The molecule has 1 aliphatic rings. The molecule has 1 fully saturated rings. The number of nitrogens with two attached hydrogens (primary N) is 1. The van der Waals surface area contributed by atoms with Gasteiger partial charge in [-0.15, -0.1) is 0 Å². The first-order valence-corrected chi connectivity index (χ1v) is 6.37. The van der Waals surface area contributed by atoms with Gasteiger partial charge in [-0.2, -0.15) is 0 Å². The lowest BCUT2D eigenvalue weighted by Crippen LogP contribution is -2.24. The fourth-order valence-electron chi connectivity index (χ4n) is 2.23. The number of rotatable bonds is 4. The number of nitrogens with zero attached hydrogens (tertiary/aromatic N) is 1. The molecule has 2 rings (SSSR count). The summed E-state index contributed by atoms with van der Waals surface area (Å²) in [7, 11) is 0. The Kier molecular flexibility index (Phi) is 4.22. The lowest BCUT2D eigenvalue weighted by molar-refractivity contribution is 0.322. The van der Waals surface area contributed by atoms with E-state index < -0.39 is 0 Å². The first-order chi connectivity index (χ1) is 7.75. The van der Waals surface area contributed by atoms with Crippen molar-refractivity contribution in [3.63, 3.8) is 0 Å². The molecule has 1 atom stereocenters. The molecule has 1 aliphatic heterocycles. The van der Waals surface area contributed by atoms with Crippen molar-refractivity contribution in [3.8, 4) is 0 Å². The molecule has 1 aromatic rings. The van der Waals surface area contributed by atoms with Crippen molar-refractivity contribution < 1.29 is 0 Å². The SMILES string of the molecule is NC(CCN1CCCC1)c1cccc(Cl)c1. The molecule has 2 N–H and O–H groups in total. The van der Waals surface area contributed by atoms with Crippen molar-refractivity contribution in [2.45, 2.75) is 25.3 Å². The van der Waals surface area contributed by atoms with Gasteiger partial charge in [-0.1, -0.05) is 23.7 Å². The molecule has 1 unspecified atom stereocenters.